The summed E-state index contributed by atoms with van der Waals surface area (Å²) in [5.41, 5.74) is 0.772. The first-order chi connectivity index (χ1) is 13.0. The van der Waals surface area contributed by atoms with Crippen molar-refractivity contribution in [1.29, 1.82) is 0 Å². The molecule has 1 aliphatic heterocycles. The molecule has 0 atom stereocenters. The fourth-order valence-corrected chi connectivity index (χ4v) is 5.31. The Labute approximate surface area is 163 Å². The second-order valence-electron chi connectivity index (χ2n) is 6.46. The molecular formula is C18H23N3O4S2. The molecule has 0 saturated carbocycles. The number of aryl methyl sites for hydroxylation is 1. The minimum absolute atomic E-state index is 0.174. The second-order valence-corrected chi connectivity index (χ2v) is 9.34. The first-order valence-corrected chi connectivity index (χ1v) is 11.3. The normalized spacial score (nSPS) is 16.3. The van der Waals surface area contributed by atoms with Crippen LogP contribution in [-0.4, -0.2) is 41.7 Å². The van der Waals surface area contributed by atoms with Crippen molar-refractivity contribution in [3.63, 3.8) is 0 Å². The van der Waals surface area contributed by atoms with Gasteiger partial charge in [0, 0.05) is 30.9 Å². The van der Waals surface area contributed by atoms with Crippen LogP contribution in [0.4, 0.5) is 0 Å². The van der Waals surface area contributed by atoms with Gasteiger partial charge in [-0.3, -0.25) is 9.78 Å². The van der Waals surface area contributed by atoms with Gasteiger partial charge in [0.05, 0.1) is 16.6 Å². The number of ether oxygens (including phenoxy) is 1. The molecule has 2 aromatic heterocycles. The maximum atomic E-state index is 12.6. The molecule has 0 spiro atoms. The number of piperidine rings is 1. The Kier molecular flexibility index (Phi) is 6.56. The quantitative estimate of drug-likeness (QED) is 0.653. The van der Waals surface area contributed by atoms with Crippen molar-refractivity contribution in [3.05, 3.63) is 40.6 Å². The molecule has 3 rings (SSSR count). The number of hydrogen-bond donors (Lipinski definition) is 0. The molecule has 1 aliphatic rings. The maximum absolute atomic E-state index is 12.6. The Morgan fingerprint density at radius 2 is 2.15 bits per heavy atom. The number of carbonyl (C=O) groups is 1. The Hall–Kier alpha value is -1.84. The molecule has 1 fully saturated rings. The predicted octanol–water partition coefficient (Wildman–Crippen LogP) is 2.63. The summed E-state index contributed by atoms with van der Waals surface area (Å²) < 4.78 is 32.0. The fraction of sp³-hybridized carbons (Fsp3) is 0.500. The van der Waals surface area contributed by atoms with E-state index < -0.39 is 10.0 Å². The molecule has 2 aromatic rings. The van der Waals surface area contributed by atoms with E-state index in [2.05, 4.69) is 16.9 Å². The number of esters is 1. The van der Waals surface area contributed by atoms with Crippen LogP contribution in [0.25, 0.3) is 0 Å². The molecule has 3 heterocycles. The van der Waals surface area contributed by atoms with Crippen LogP contribution < -0.4 is 0 Å². The van der Waals surface area contributed by atoms with Crippen LogP contribution in [0.1, 0.15) is 36.9 Å². The smallest absolute Gasteiger partial charge is 0.309 e. The molecule has 9 heteroatoms. The first kappa shape index (κ1) is 19.9. The van der Waals surface area contributed by atoms with Gasteiger partial charge in [-0.1, -0.05) is 6.92 Å². The van der Waals surface area contributed by atoms with E-state index in [-0.39, 0.29) is 23.4 Å². The average molecular weight is 410 g/mol. The van der Waals surface area contributed by atoms with Crippen LogP contribution in [0.15, 0.2) is 34.8 Å². The summed E-state index contributed by atoms with van der Waals surface area (Å²) in [5, 5.41) is 2.97. The van der Waals surface area contributed by atoms with E-state index in [1.807, 2.05) is 5.38 Å². The number of rotatable bonds is 7. The highest BCUT2D eigenvalue weighted by Crippen LogP contribution is 2.24. The third-order valence-electron chi connectivity index (χ3n) is 4.48. The largest absolute Gasteiger partial charge is 0.459 e. The summed E-state index contributed by atoms with van der Waals surface area (Å²) in [5.74, 6) is -0.558. The van der Waals surface area contributed by atoms with E-state index >= 15 is 0 Å². The molecule has 7 nitrogen and oxygen atoms in total. The lowest BCUT2D eigenvalue weighted by Gasteiger charge is -2.29. The number of hydrogen-bond acceptors (Lipinski definition) is 7. The molecule has 27 heavy (non-hydrogen) atoms. The van der Waals surface area contributed by atoms with Crippen LogP contribution >= 0.6 is 11.3 Å². The van der Waals surface area contributed by atoms with Gasteiger partial charge < -0.3 is 4.74 Å². The number of thiazole rings is 1. The summed E-state index contributed by atoms with van der Waals surface area (Å²) >= 11 is 1.58. The summed E-state index contributed by atoms with van der Waals surface area (Å²) in [4.78, 5) is 20.8. The molecule has 1 saturated heterocycles. The van der Waals surface area contributed by atoms with Crippen molar-refractivity contribution in [2.24, 2.45) is 5.92 Å². The Bertz CT molecular complexity index is 860. The lowest BCUT2D eigenvalue weighted by atomic mass is 9.98. The minimum atomic E-state index is -3.56. The van der Waals surface area contributed by atoms with Crippen molar-refractivity contribution in [1.82, 2.24) is 14.3 Å². The molecular weight excluding hydrogens is 386 g/mol. The van der Waals surface area contributed by atoms with Crippen molar-refractivity contribution < 1.29 is 17.9 Å². The highest BCUT2D eigenvalue weighted by molar-refractivity contribution is 7.89. The molecule has 0 aromatic carbocycles. The number of aromatic nitrogens is 2. The van der Waals surface area contributed by atoms with Gasteiger partial charge in [0.1, 0.15) is 11.5 Å². The zero-order valence-corrected chi connectivity index (χ0v) is 16.8. The number of nitrogens with zero attached hydrogens (tertiary/aromatic N) is 3. The van der Waals surface area contributed by atoms with Gasteiger partial charge in [0.25, 0.3) is 0 Å². The maximum Gasteiger partial charge on any atom is 0.309 e. The highest BCUT2D eigenvalue weighted by atomic mass is 32.2. The standard InChI is InChI=1S/C18H23N3O4S2/c1-2-4-17-20-15(13-26-17)12-25-18(22)14-6-9-21(10-7-14)27(23,24)16-5-3-8-19-11-16/h3,5,8,11,13-14H,2,4,6-7,9-10,12H2,1H3. The highest BCUT2D eigenvalue weighted by Gasteiger charge is 2.32. The lowest BCUT2D eigenvalue weighted by molar-refractivity contribution is -0.151. The van der Waals surface area contributed by atoms with Gasteiger partial charge in [0.2, 0.25) is 10.0 Å². The molecule has 0 unspecified atom stereocenters. The van der Waals surface area contributed by atoms with Gasteiger partial charge >= 0.3 is 5.97 Å². The number of pyridine rings is 1. The Balaban J connectivity index is 1.50. The predicted molar refractivity (Wildman–Crippen MR) is 102 cm³/mol. The molecule has 0 N–H and O–H groups in total. The van der Waals surface area contributed by atoms with Gasteiger partial charge in [-0.05, 0) is 37.8 Å². The van der Waals surface area contributed by atoms with Gasteiger partial charge in [0.15, 0.2) is 0 Å². The van der Waals surface area contributed by atoms with Crippen LogP contribution in [-0.2, 0) is 32.6 Å². The molecule has 0 aliphatic carbocycles. The van der Waals surface area contributed by atoms with Crippen LogP contribution in [0.2, 0.25) is 0 Å². The Morgan fingerprint density at radius 3 is 2.81 bits per heavy atom. The van der Waals surface area contributed by atoms with Crippen molar-refractivity contribution >= 4 is 27.3 Å². The van der Waals surface area contributed by atoms with Crippen LogP contribution in [0, 0.1) is 5.92 Å². The topological polar surface area (TPSA) is 89.5 Å². The lowest BCUT2D eigenvalue weighted by Crippen LogP contribution is -2.40. The van der Waals surface area contributed by atoms with Crippen molar-refractivity contribution in [2.45, 2.75) is 44.1 Å². The third-order valence-corrected chi connectivity index (χ3v) is 7.32. The first-order valence-electron chi connectivity index (χ1n) is 9.00. The summed E-state index contributed by atoms with van der Waals surface area (Å²) in [6.45, 7) is 2.87. The number of carbonyl (C=O) groups excluding carboxylic acids is 1. The summed E-state index contributed by atoms with van der Waals surface area (Å²) in [6.07, 6.45) is 5.76. The van der Waals surface area contributed by atoms with Crippen molar-refractivity contribution in [2.75, 3.05) is 13.1 Å². The zero-order valence-electron chi connectivity index (χ0n) is 15.2. The summed E-state index contributed by atoms with van der Waals surface area (Å²) in [6, 6.07) is 3.13. The second kappa shape index (κ2) is 8.90. The van der Waals surface area contributed by atoms with E-state index in [9.17, 15) is 13.2 Å². The van der Waals surface area contributed by atoms with E-state index in [0.29, 0.717) is 25.9 Å². The van der Waals surface area contributed by atoms with Crippen LogP contribution in [0.3, 0.4) is 0 Å². The average Bonchev–Trinajstić information content (AvgIpc) is 3.15. The fourth-order valence-electron chi connectivity index (χ4n) is 2.99. The van der Waals surface area contributed by atoms with Gasteiger partial charge in [-0.15, -0.1) is 11.3 Å². The molecule has 0 radical (unpaired) electrons. The van der Waals surface area contributed by atoms with Gasteiger partial charge in [-0.25, -0.2) is 13.4 Å². The molecule has 146 valence electrons. The minimum Gasteiger partial charge on any atom is -0.459 e. The van der Waals surface area contributed by atoms with E-state index in [1.54, 1.807) is 17.4 Å². The van der Waals surface area contributed by atoms with E-state index in [4.69, 9.17) is 4.74 Å². The van der Waals surface area contributed by atoms with E-state index in [1.165, 1.54) is 22.8 Å². The monoisotopic (exact) mass is 409 g/mol. The zero-order chi connectivity index (χ0) is 19.3. The molecule has 0 bridgehead atoms. The van der Waals surface area contributed by atoms with Crippen LogP contribution in [0.5, 0.6) is 0 Å². The van der Waals surface area contributed by atoms with Gasteiger partial charge in [-0.2, -0.15) is 4.31 Å². The van der Waals surface area contributed by atoms with E-state index in [0.717, 1.165) is 23.5 Å². The number of sulfonamides is 1. The van der Waals surface area contributed by atoms with Crippen molar-refractivity contribution in [3.8, 4) is 0 Å². The third kappa shape index (κ3) is 4.91. The SMILES string of the molecule is CCCc1nc(COC(=O)C2CCN(S(=O)(=O)c3cccnc3)CC2)cs1. The molecule has 0 amide bonds. The summed E-state index contributed by atoms with van der Waals surface area (Å²) in [7, 11) is -3.56. The Morgan fingerprint density at radius 1 is 1.37 bits per heavy atom.